The molecule has 1 heterocycles. The zero-order valence-electron chi connectivity index (χ0n) is 14.7. The highest BCUT2D eigenvalue weighted by Gasteiger charge is 2.34. The molecular weight excluding hydrogens is 550 g/mol. The summed E-state index contributed by atoms with van der Waals surface area (Å²) in [5.41, 5.74) is 3.19. The fourth-order valence-corrected chi connectivity index (χ4v) is 4.06. The van der Waals surface area contributed by atoms with Crippen LogP contribution in [0.1, 0.15) is 31.8 Å². The average Bonchev–Trinajstić information content (AvgIpc) is 2.94. The molecule has 2 amide bonds. The van der Waals surface area contributed by atoms with Gasteiger partial charge >= 0.3 is 0 Å². The number of amides is 2. The summed E-state index contributed by atoms with van der Waals surface area (Å²) in [5.74, 6) is -0.443. The van der Waals surface area contributed by atoms with Crippen LogP contribution >= 0.6 is 47.8 Å². The van der Waals surface area contributed by atoms with E-state index < -0.39 is 0 Å². The van der Waals surface area contributed by atoms with Gasteiger partial charge in [-0.05, 0) is 47.5 Å². The fourth-order valence-electron chi connectivity index (χ4n) is 2.82. The van der Waals surface area contributed by atoms with Crippen molar-refractivity contribution in [3.63, 3.8) is 0 Å². The largest absolute Gasteiger partial charge is 0.270 e. The van der Waals surface area contributed by atoms with Gasteiger partial charge in [0.2, 0.25) is 0 Å². The summed E-state index contributed by atoms with van der Waals surface area (Å²) in [6.07, 6.45) is 0. The van der Waals surface area contributed by atoms with Crippen LogP contribution in [0.5, 0.6) is 0 Å². The molecule has 0 fully saturated rings. The zero-order chi connectivity index (χ0) is 20.1. The van der Waals surface area contributed by atoms with Crippen molar-refractivity contribution in [1.29, 1.82) is 0 Å². The van der Waals surface area contributed by atoms with E-state index >= 15 is 0 Å². The van der Waals surface area contributed by atoms with Crippen molar-refractivity contribution >= 4 is 59.6 Å². The summed E-state index contributed by atoms with van der Waals surface area (Å²) in [6.45, 7) is 0.297. The van der Waals surface area contributed by atoms with Crippen LogP contribution in [-0.4, -0.2) is 16.7 Å². The summed E-state index contributed by atoms with van der Waals surface area (Å²) in [5, 5.41) is 0.923. The molecule has 0 bridgehead atoms. The summed E-state index contributed by atoms with van der Waals surface area (Å²) in [6, 6.07) is 22.7. The molecule has 0 N–H and O–H groups in total. The standard InChI is InChI=1S/C15H10BrNO2.C7H6Br2/c16-11-5-3-4-10(8-11)9-17-14(18)12-6-1-2-7-13(12)15(17)19;8-5-6-2-1-3-7(9)4-6/h1-8H,9H2;1-4H,5H2. The summed E-state index contributed by atoms with van der Waals surface area (Å²) in [7, 11) is 0. The quantitative estimate of drug-likeness (QED) is 0.265. The average molecular weight is 566 g/mol. The third-order valence-electron chi connectivity index (χ3n) is 4.15. The Morgan fingerprint density at radius 1 is 0.679 bits per heavy atom. The van der Waals surface area contributed by atoms with Crippen LogP contribution in [-0.2, 0) is 11.9 Å². The predicted molar refractivity (Wildman–Crippen MR) is 122 cm³/mol. The Kier molecular flexibility index (Phi) is 7.21. The molecule has 0 aromatic heterocycles. The van der Waals surface area contributed by atoms with Crippen LogP contribution in [0.4, 0.5) is 0 Å². The second-order valence-electron chi connectivity index (χ2n) is 6.14. The van der Waals surface area contributed by atoms with Crippen LogP contribution in [0, 0.1) is 0 Å². The number of halogens is 3. The van der Waals surface area contributed by atoms with Crippen molar-refractivity contribution < 1.29 is 9.59 Å². The molecule has 0 saturated carbocycles. The molecular formula is C22H16Br3NO2. The molecule has 0 saturated heterocycles. The highest BCUT2D eigenvalue weighted by atomic mass is 79.9. The van der Waals surface area contributed by atoms with E-state index in [0.717, 1.165) is 19.8 Å². The summed E-state index contributed by atoms with van der Waals surface area (Å²) < 4.78 is 2.07. The monoisotopic (exact) mass is 563 g/mol. The molecule has 3 aromatic rings. The SMILES string of the molecule is BrCc1cccc(Br)c1.O=C1c2ccccc2C(=O)N1Cc1cccc(Br)c1. The van der Waals surface area contributed by atoms with Crippen LogP contribution in [0.2, 0.25) is 0 Å². The number of fused-ring (bicyclic) bond motifs is 1. The number of rotatable bonds is 3. The lowest BCUT2D eigenvalue weighted by Crippen LogP contribution is -2.29. The molecule has 142 valence electrons. The van der Waals surface area contributed by atoms with E-state index in [0.29, 0.717) is 17.7 Å². The highest BCUT2D eigenvalue weighted by molar-refractivity contribution is 9.10. The highest BCUT2D eigenvalue weighted by Crippen LogP contribution is 2.24. The fraction of sp³-hybridized carbons (Fsp3) is 0.0909. The van der Waals surface area contributed by atoms with Gasteiger partial charge in [0.05, 0.1) is 17.7 Å². The lowest BCUT2D eigenvalue weighted by atomic mass is 10.1. The number of alkyl halides is 1. The maximum Gasteiger partial charge on any atom is 0.261 e. The number of carbonyl (C=O) groups excluding carboxylic acids is 2. The number of nitrogens with zero attached hydrogens (tertiary/aromatic N) is 1. The molecule has 0 aliphatic carbocycles. The van der Waals surface area contributed by atoms with Crippen molar-refractivity contribution in [3.8, 4) is 0 Å². The van der Waals surface area contributed by atoms with E-state index in [-0.39, 0.29) is 11.8 Å². The van der Waals surface area contributed by atoms with Crippen molar-refractivity contribution in [2.24, 2.45) is 0 Å². The van der Waals surface area contributed by atoms with Crippen molar-refractivity contribution in [1.82, 2.24) is 4.90 Å². The maximum atomic E-state index is 12.2. The molecule has 1 aliphatic heterocycles. The minimum absolute atomic E-state index is 0.222. The molecule has 28 heavy (non-hydrogen) atoms. The van der Waals surface area contributed by atoms with Gasteiger partial charge in [0.1, 0.15) is 0 Å². The first-order valence-electron chi connectivity index (χ1n) is 8.49. The van der Waals surface area contributed by atoms with Gasteiger partial charge in [-0.2, -0.15) is 0 Å². The normalized spacial score (nSPS) is 12.5. The zero-order valence-corrected chi connectivity index (χ0v) is 19.5. The first kappa shape index (κ1) is 21.0. The minimum atomic E-state index is -0.222. The first-order chi connectivity index (χ1) is 13.5. The van der Waals surface area contributed by atoms with Crippen LogP contribution in [0.3, 0.4) is 0 Å². The Bertz CT molecular complexity index is 985. The summed E-state index contributed by atoms with van der Waals surface area (Å²) >= 11 is 10.1. The van der Waals surface area contributed by atoms with Crippen LogP contribution in [0.25, 0.3) is 0 Å². The van der Waals surface area contributed by atoms with E-state index in [1.807, 2.05) is 36.4 Å². The molecule has 0 unspecified atom stereocenters. The molecule has 4 rings (SSSR count). The van der Waals surface area contributed by atoms with Gasteiger partial charge < -0.3 is 0 Å². The van der Waals surface area contributed by atoms with E-state index in [9.17, 15) is 9.59 Å². The van der Waals surface area contributed by atoms with Crippen LogP contribution < -0.4 is 0 Å². The topological polar surface area (TPSA) is 37.4 Å². The Balaban J connectivity index is 0.000000211. The predicted octanol–water partition coefficient (Wildman–Crippen LogP) is 6.59. The molecule has 3 aromatic carbocycles. The maximum absolute atomic E-state index is 12.2. The molecule has 3 nitrogen and oxygen atoms in total. The number of imide groups is 1. The van der Waals surface area contributed by atoms with Crippen molar-refractivity contribution in [2.45, 2.75) is 11.9 Å². The number of carbonyl (C=O) groups is 2. The lowest BCUT2D eigenvalue weighted by Gasteiger charge is -2.13. The van der Waals surface area contributed by atoms with Crippen molar-refractivity contribution in [3.05, 3.63) is 104 Å². The van der Waals surface area contributed by atoms with E-state index in [1.54, 1.807) is 24.3 Å². The third-order valence-corrected chi connectivity index (χ3v) is 5.79. The molecule has 0 radical (unpaired) electrons. The number of benzene rings is 3. The van der Waals surface area contributed by atoms with E-state index in [2.05, 4.69) is 59.9 Å². The van der Waals surface area contributed by atoms with Crippen LogP contribution in [0.15, 0.2) is 81.7 Å². The first-order valence-corrected chi connectivity index (χ1v) is 11.2. The van der Waals surface area contributed by atoms with Gasteiger partial charge in [-0.1, -0.05) is 84.2 Å². The summed E-state index contributed by atoms with van der Waals surface area (Å²) in [4.78, 5) is 25.7. The second-order valence-corrected chi connectivity index (χ2v) is 8.53. The van der Waals surface area contributed by atoms with Crippen molar-refractivity contribution in [2.75, 3.05) is 0 Å². The van der Waals surface area contributed by atoms with Gasteiger partial charge in [0, 0.05) is 14.3 Å². The Morgan fingerprint density at radius 3 is 1.64 bits per heavy atom. The minimum Gasteiger partial charge on any atom is -0.270 e. The number of hydrogen-bond donors (Lipinski definition) is 0. The number of hydrogen-bond acceptors (Lipinski definition) is 2. The van der Waals surface area contributed by atoms with E-state index in [4.69, 9.17) is 0 Å². The van der Waals surface area contributed by atoms with Gasteiger partial charge in [0.15, 0.2) is 0 Å². The second kappa shape index (κ2) is 9.63. The molecule has 6 heteroatoms. The van der Waals surface area contributed by atoms with Gasteiger partial charge in [0.25, 0.3) is 11.8 Å². The van der Waals surface area contributed by atoms with Gasteiger partial charge in [-0.3, -0.25) is 14.5 Å². The Hall–Kier alpha value is -1.76. The van der Waals surface area contributed by atoms with E-state index in [1.165, 1.54) is 10.5 Å². The molecule has 0 spiro atoms. The van der Waals surface area contributed by atoms with Gasteiger partial charge in [-0.15, -0.1) is 0 Å². The third kappa shape index (κ3) is 4.99. The lowest BCUT2D eigenvalue weighted by molar-refractivity contribution is 0.0642. The Labute approximate surface area is 189 Å². The molecule has 1 aliphatic rings. The van der Waals surface area contributed by atoms with Gasteiger partial charge in [-0.25, -0.2) is 0 Å². The Morgan fingerprint density at radius 2 is 1.18 bits per heavy atom. The smallest absolute Gasteiger partial charge is 0.261 e. The molecule has 0 atom stereocenters.